The van der Waals surface area contributed by atoms with Crippen LogP contribution in [0.25, 0.3) is 0 Å². The Labute approximate surface area is 118 Å². The number of nitrogens with zero attached hydrogens (tertiary/aromatic N) is 2. The van der Waals surface area contributed by atoms with Crippen molar-refractivity contribution < 1.29 is 13.5 Å². The van der Waals surface area contributed by atoms with Crippen LogP contribution >= 0.6 is 23.4 Å². The van der Waals surface area contributed by atoms with Gasteiger partial charge in [0.1, 0.15) is 11.6 Å². The zero-order valence-corrected chi connectivity index (χ0v) is 11.3. The van der Waals surface area contributed by atoms with Crippen LogP contribution in [0.2, 0.25) is 0 Å². The highest BCUT2D eigenvalue weighted by molar-refractivity contribution is 7.99. The number of benzene rings is 1. The van der Waals surface area contributed by atoms with Crippen LogP contribution in [0.15, 0.2) is 45.5 Å². The maximum atomic E-state index is 12.7. The van der Waals surface area contributed by atoms with E-state index in [-0.39, 0.29) is 12.4 Å². The van der Waals surface area contributed by atoms with E-state index in [4.69, 9.17) is 20.8 Å². The molecule has 19 heavy (non-hydrogen) atoms. The second kappa shape index (κ2) is 7.16. The van der Waals surface area contributed by atoms with E-state index in [1.807, 2.05) is 0 Å². The number of thioether (sulfide) groups is 1. The van der Waals surface area contributed by atoms with Gasteiger partial charge < -0.3 is 9.15 Å². The fourth-order valence-electron chi connectivity index (χ4n) is 1.19. The van der Waals surface area contributed by atoms with Gasteiger partial charge in [-0.25, -0.2) is 4.39 Å². The van der Waals surface area contributed by atoms with E-state index < -0.39 is 0 Å². The monoisotopic (exact) mass is 300 g/mol. The first-order valence-electron chi connectivity index (χ1n) is 5.36. The molecule has 1 aromatic heterocycles. The highest BCUT2D eigenvalue weighted by atomic mass is 35.5. The third kappa shape index (κ3) is 4.57. The maximum absolute atomic E-state index is 12.7. The Bertz CT molecular complexity index is 545. The average Bonchev–Trinajstić information content (AvgIpc) is 2.86. The van der Waals surface area contributed by atoms with Gasteiger partial charge in [0, 0.05) is 11.3 Å². The van der Waals surface area contributed by atoms with Crippen molar-refractivity contribution >= 4 is 23.4 Å². The molecular formula is C12H10ClFN2O2S. The molecule has 2 aromatic rings. The predicted molar refractivity (Wildman–Crippen MR) is 70.7 cm³/mol. The highest BCUT2D eigenvalue weighted by Gasteiger charge is 2.06. The molecule has 0 bridgehead atoms. The molecule has 4 nitrogen and oxygen atoms in total. The van der Waals surface area contributed by atoms with Crippen molar-refractivity contribution in [1.82, 2.24) is 10.2 Å². The Morgan fingerprint density at radius 3 is 2.84 bits per heavy atom. The van der Waals surface area contributed by atoms with Gasteiger partial charge in [-0.3, -0.25) is 0 Å². The van der Waals surface area contributed by atoms with Gasteiger partial charge in [-0.1, -0.05) is 29.4 Å². The summed E-state index contributed by atoms with van der Waals surface area (Å²) >= 11 is 6.77. The summed E-state index contributed by atoms with van der Waals surface area (Å²) < 4.78 is 23.4. The minimum Gasteiger partial charge on any atom is -0.484 e. The molecule has 100 valence electrons. The lowest BCUT2D eigenvalue weighted by Gasteiger charge is -2.01. The average molecular weight is 301 g/mol. The first kappa shape index (κ1) is 13.9. The molecule has 7 heteroatoms. The van der Waals surface area contributed by atoms with Crippen LogP contribution in [0.1, 0.15) is 5.89 Å². The number of halogens is 2. The van der Waals surface area contributed by atoms with Crippen LogP contribution in [0.3, 0.4) is 0 Å². The van der Waals surface area contributed by atoms with Gasteiger partial charge in [0.2, 0.25) is 0 Å². The Morgan fingerprint density at radius 2 is 2.11 bits per heavy atom. The van der Waals surface area contributed by atoms with Crippen molar-refractivity contribution in [3.63, 3.8) is 0 Å². The lowest BCUT2D eigenvalue weighted by atomic mass is 10.3. The molecule has 0 amide bonds. The molecule has 1 heterocycles. The van der Waals surface area contributed by atoms with E-state index in [0.717, 1.165) is 0 Å². The topological polar surface area (TPSA) is 48.2 Å². The van der Waals surface area contributed by atoms with Crippen molar-refractivity contribution in [2.75, 3.05) is 5.75 Å². The second-order valence-electron chi connectivity index (χ2n) is 3.38. The van der Waals surface area contributed by atoms with Gasteiger partial charge in [0.05, 0.1) is 0 Å². The van der Waals surface area contributed by atoms with Crippen LogP contribution in [0.4, 0.5) is 4.39 Å². The summed E-state index contributed by atoms with van der Waals surface area (Å²) in [6.07, 6.45) is 1.77. The number of hydrogen-bond donors (Lipinski definition) is 0. The number of ether oxygens (including phenoxy) is 1. The highest BCUT2D eigenvalue weighted by Crippen LogP contribution is 2.18. The van der Waals surface area contributed by atoms with Crippen molar-refractivity contribution in [3.05, 3.63) is 47.6 Å². The van der Waals surface area contributed by atoms with Gasteiger partial charge in [-0.15, -0.1) is 10.2 Å². The molecule has 0 atom stereocenters. The first-order chi connectivity index (χ1) is 9.28. The largest absolute Gasteiger partial charge is 0.484 e. The van der Waals surface area contributed by atoms with E-state index in [2.05, 4.69) is 10.2 Å². The van der Waals surface area contributed by atoms with Crippen LogP contribution in [-0.2, 0) is 6.61 Å². The summed E-state index contributed by atoms with van der Waals surface area (Å²) in [4.78, 5) is 0. The first-order valence-corrected chi connectivity index (χ1v) is 6.79. The molecule has 2 rings (SSSR count). The zero-order chi connectivity index (χ0) is 13.5. The fraction of sp³-hybridized carbons (Fsp3) is 0.167. The van der Waals surface area contributed by atoms with Gasteiger partial charge in [-0.2, -0.15) is 0 Å². The number of aromatic nitrogens is 2. The molecule has 0 saturated heterocycles. The molecule has 0 spiro atoms. The van der Waals surface area contributed by atoms with E-state index in [1.54, 1.807) is 6.08 Å². The minimum atomic E-state index is -0.309. The lowest BCUT2D eigenvalue weighted by Crippen LogP contribution is -1.95. The van der Waals surface area contributed by atoms with Gasteiger partial charge >= 0.3 is 0 Å². The van der Waals surface area contributed by atoms with Gasteiger partial charge in [0.25, 0.3) is 11.1 Å². The Kier molecular flexibility index (Phi) is 5.23. The minimum absolute atomic E-state index is 0.143. The molecule has 0 aliphatic heterocycles. The van der Waals surface area contributed by atoms with Crippen LogP contribution in [0, 0.1) is 5.82 Å². The van der Waals surface area contributed by atoms with Crippen LogP contribution in [0.5, 0.6) is 5.75 Å². The number of rotatable bonds is 6. The zero-order valence-electron chi connectivity index (χ0n) is 9.75. The Hall–Kier alpha value is -1.53. The summed E-state index contributed by atoms with van der Waals surface area (Å²) in [7, 11) is 0. The molecular weight excluding hydrogens is 291 g/mol. The quantitative estimate of drug-likeness (QED) is 0.762. The molecule has 0 saturated carbocycles. The standard InChI is InChI=1S/C12H10ClFN2O2S/c13-6-1-7-19-12-16-15-11(18-12)8-17-10-4-2-9(14)3-5-10/h1-6H,7-8H2/b6-1+. The molecule has 0 fully saturated rings. The SMILES string of the molecule is Fc1ccc(OCc2nnc(SC/C=C/Cl)o2)cc1. The third-order valence-corrected chi connectivity index (χ3v) is 2.97. The van der Waals surface area contributed by atoms with Crippen molar-refractivity contribution in [3.8, 4) is 5.75 Å². The maximum Gasteiger partial charge on any atom is 0.277 e. The predicted octanol–water partition coefficient (Wildman–Crippen LogP) is 3.63. The van der Waals surface area contributed by atoms with Crippen molar-refractivity contribution in [2.45, 2.75) is 11.8 Å². The van der Waals surface area contributed by atoms with E-state index in [1.165, 1.54) is 41.6 Å². The molecule has 0 aliphatic rings. The van der Waals surface area contributed by atoms with Gasteiger partial charge in [-0.05, 0) is 24.3 Å². The molecule has 1 aromatic carbocycles. The van der Waals surface area contributed by atoms with E-state index >= 15 is 0 Å². The van der Waals surface area contributed by atoms with Crippen molar-refractivity contribution in [2.24, 2.45) is 0 Å². The second-order valence-corrected chi connectivity index (χ2v) is 4.60. The third-order valence-electron chi connectivity index (χ3n) is 2.02. The Balaban J connectivity index is 1.84. The lowest BCUT2D eigenvalue weighted by molar-refractivity contribution is 0.252. The summed E-state index contributed by atoms with van der Waals surface area (Å²) in [5.41, 5.74) is 1.43. The smallest absolute Gasteiger partial charge is 0.277 e. The fourth-order valence-corrected chi connectivity index (χ4v) is 1.97. The molecule has 0 radical (unpaired) electrons. The van der Waals surface area contributed by atoms with Crippen LogP contribution in [-0.4, -0.2) is 16.0 Å². The summed E-state index contributed by atoms with van der Waals surface area (Å²) in [6, 6.07) is 5.71. The summed E-state index contributed by atoms with van der Waals surface area (Å²) in [6.45, 7) is 0.143. The summed E-state index contributed by atoms with van der Waals surface area (Å²) in [5.74, 6) is 1.25. The van der Waals surface area contributed by atoms with Crippen LogP contribution < -0.4 is 4.74 Å². The summed E-state index contributed by atoms with van der Waals surface area (Å²) in [5, 5.41) is 8.13. The normalized spacial score (nSPS) is 11.1. The van der Waals surface area contributed by atoms with E-state index in [0.29, 0.717) is 22.6 Å². The van der Waals surface area contributed by atoms with Gasteiger partial charge in [0.15, 0.2) is 6.61 Å². The molecule has 0 N–H and O–H groups in total. The number of hydrogen-bond acceptors (Lipinski definition) is 5. The molecule has 0 aliphatic carbocycles. The van der Waals surface area contributed by atoms with Crippen molar-refractivity contribution in [1.29, 1.82) is 0 Å². The molecule has 0 unspecified atom stereocenters. The van der Waals surface area contributed by atoms with E-state index in [9.17, 15) is 4.39 Å². The Morgan fingerprint density at radius 1 is 1.32 bits per heavy atom.